The van der Waals surface area contributed by atoms with Crippen molar-refractivity contribution in [2.75, 3.05) is 0 Å². The summed E-state index contributed by atoms with van der Waals surface area (Å²) in [5.41, 5.74) is 3.76. The van der Waals surface area contributed by atoms with Crippen LogP contribution in [0.3, 0.4) is 0 Å². The SMILES string of the molecule is Cc1cccc(N=C2NC(=O)/C(=C/c3ccccc3OCc3cccnc3)S2)c1. The van der Waals surface area contributed by atoms with Gasteiger partial charge in [0.25, 0.3) is 5.91 Å². The smallest absolute Gasteiger partial charge is 0.264 e. The number of nitrogens with one attached hydrogen (secondary N) is 1. The molecular weight excluding hydrogens is 382 g/mol. The Morgan fingerprint density at radius 2 is 2.03 bits per heavy atom. The van der Waals surface area contributed by atoms with Gasteiger partial charge in [0.15, 0.2) is 5.17 Å². The van der Waals surface area contributed by atoms with Crippen molar-refractivity contribution in [3.8, 4) is 5.75 Å². The molecule has 0 unspecified atom stereocenters. The molecule has 3 aromatic rings. The molecule has 2 heterocycles. The Hall–Kier alpha value is -3.38. The maximum absolute atomic E-state index is 12.4. The minimum absolute atomic E-state index is 0.163. The molecule has 1 N–H and O–H groups in total. The van der Waals surface area contributed by atoms with Crippen LogP contribution in [-0.2, 0) is 11.4 Å². The normalized spacial score (nSPS) is 16.2. The number of hydrogen-bond donors (Lipinski definition) is 1. The van der Waals surface area contributed by atoms with Gasteiger partial charge in [-0.3, -0.25) is 9.78 Å². The molecule has 1 fully saturated rings. The zero-order valence-corrected chi connectivity index (χ0v) is 16.6. The van der Waals surface area contributed by atoms with Gasteiger partial charge in [0, 0.05) is 23.5 Å². The third kappa shape index (κ3) is 4.92. The Balaban J connectivity index is 1.53. The first-order valence-corrected chi connectivity index (χ1v) is 9.96. The van der Waals surface area contributed by atoms with E-state index in [0.717, 1.165) is 22.4 Å². The molecule has 144 valence electrons. The Bertz CT molecular complexity index is 1090. The lowest BCUT2D eigenvalue weighted by atomic mass is 10.2. The van der Waals surface area contributed by atoms with E-state index in [0.29, 0.717) is 22.4 Å². The van der Waals surface area contributed by atoms with Crippen LogP contribution >= 0.6 is 11.8 Å². The molecule has 6 heteroatoms. The number of thioether (sulfide) groups is 1. The quantitative estimate of drug-likeness (QED) is 0.620. The second-order valence-corrected chi connectivity index (χ2v) is 7.54. The van der Waals surface area contributed by atoms with E-state index in [-0.39, 0.29) is 5.91 Å². The molecular formula is C23H19N3O2S. The summed E-state index contributed by atoms with van der Waals surface area (Å²) in [7, 11) is 0. The first-order valence-electron chi connectivity index (χ1n) is 9.14. The van der Waals surface area contributed by atoms with Gasteiger partial charge in [0.2, 0.25) is 0 Å². The summed E-state index contributed by atoms with van der Waals surface area (Å²) in [4.78, 5) is 21.6. The number of para-hydroxylation sites is 1. The number of nitrogens with zero attached hydrogens (tertiary/aromatic N) is 2. The van der Waals surface area contributed by atoms with Crippen molar-refractivity contribution in [2.24, 2.45) is 4.99 Å². The van der Waals surface area contributed by atoms with E-state index in [1.165, 1.54) is 11.8 Å². The molecule has 0 radical (unpaired) electrons. The van der Waals surface area contributed by atoms with Gasteiger partial charge in [0.05, 0.1) is 10.6 Å². The summed E-state index contributed by atoms with van der Waals surface area (Å²) < 4.78 is 5.95. The van der Waals surface area contributed by atoms with E-state index < -0.39 is 0 Å². The van der Waals surface area contributed by atoms with Crippen LogP contribution in [0.4, 0.5) is 5.69 Å². The van der Waals surface area contributed by atoms with Crippen molar-refractivity contribution in [3.63, 3.8) is 0 Å². The van der Waals surface area contributed by atoms with Gasteiger partial charge in [-0.1, -0.05) is 36.4 Å². The lowest BCUT2D eigenvalue weighted by molar-refractivity contribution is -0.115. The van der Waals surface area contributed by atoms with Crippen molar-refractivity contribution in [2.45, 2.75) is 13.5 Å². The van der Waals surface area contributed by atoms with Crippen molar-refractivity contribution in [1.29, 1.82) is 0 Å². The molecule has 0 bridgehead atoms. The second-order valence-electron chi connectivity index (χ2n) is 6.51. The summed E-state index contributed by atoms with van der Waals surface area (Å²) >= 11 is 1.32. The fourth-order valence-corrected chi connectivity index (χ4v) is 3.65. The van der Waals surface area contributed by atoms with Crippen LogP contribution in [0.2, 0.25) is 0 Å². The maximum atomic E-state index is 12.4. The largest absolute Gasteiger partial charge is 0.488 e. The number of carbonyl (C=O) groups is 1. The van der Waals surface area contributed by atoms with Crippen molar-refractivity contribution < 1.29 is 9.53 Å². The van der Waals surface area contributed by atoms with Crippen LogP contribution in [0.5, 0.6) is 5.75 Å². The number of hydrogen-bond acceptors (Lipinski definition) is 5. The summed E-state index contributed by atoms with van der Waals surface area (Å²) in [6.45, 7) is 2.42. The Morgan fingerprint density at radius 3 is 2.86 bits per heavy atom. The van der Waals surface area contributed by atoms with Crippen LogP contribution in [-0.4, -0.2) is 16.1 Å². The molecule has 1 saturated heterocycles. The molecule has 29 heavy (non-hydrogen) atoms. The fraction of sp³-hybridized carbons (Fsp3) is 0.0870. The minimum atomic E-state index is -0.163. The molecule has 1 amide bonds. The predicted molar refractivity (Wildman–Crippen MR) is 117 cm³/mol. The standard InChI is InChI=1S/C23H19N3O2S/c1-16-6-4-9-19(12-16)25-23-26-22(27)21(29-23)13-18-8-2-3-10-20(18)28-15-17-7-5-11-24-14-17/h2-14H,15H2,1H3,(H,25,26,27)/b21-13-. The van der Waals surface area contributed by atoms with E-state index in [4.69, 9.17) is 4.74 Å². The highest BCUT2D eigenvalue weighted by Gasteiger charge is 2.24. The zero-order valence-electron chi connectivity index (χ0n) is 15.8. The van der Waals surface area contributed by atoms with E-state index in [1.54, 1.807) is 12.4 Å². The minimum Gasteiger partial charge on any atom is -0.488 e. The summed E-state index contributed by atoms with van der Waals surface area (Å²) in [6, 6.07) is 19.3. The van der Waals surface area contributed by atoms with Crippen LogP contribution < -0.4 is 10.1 Å². The van der Waals surface area contributed by atoms with Crippen LogP contribution in [0.1, 0.15) is 16.7 Å². The van der Waals surface area contributed by atoms with E-state index >= 15 is 0 Å². The highest BCUT2D eigenvalue weighted by Crippen LogP contribution is 2.31. The maximum Gasteiger partial charge on any atom is 0.264 e. The number of carbonyl (C=O) groups excluding carboxylic acids is 1. The average Bonchev–Trinajstić information content (AvgIpc) is 3.07. The highest BCUT2D eigenvalue weighted by atomic mass is 32.2. The number of benzene rings is 2. The monoisotopic (exact) mass is 401 g/mol. The number of aromatic nitrogens is 1. The second kappa shape index (κ2) is 8.75. The van der Waals surface area contributed by atoms with Crippen LogP contribution in [0.25, 0.3) is 6.08 Å². The van der Waals surface area contributed by atoms with E-state index in [9.17, 15) is 4.79 Å². The Labute approximate surface area is 173 Å². The molecule has 0 saturated carbocycles. The van der Waals surface area contributed by atoms with Gasteiger partial charge < -0.3 is 10.1 Å². The molecule has 0 atom stereocenters. The van der Waals surface area contributed by atoms with Crippen LogP contribution in [0, 0.1) is 6.92 Å². The molecule has 1 aromatic heterocycles. The molecule has 1 aliphatic heterocycles. The Kier molecular flexibility index (Phi) is 5.72. The molecule has 2 aromatic carbocycles. The highest BCUT2D eigenvalue weighted by molar-refractivity contribution is 8.18. The predicted octanol–water partition coefficient (Wildman–Crippen LogP) is 4.86. The van der Waals surface area contributed by atoms with Gasteiger partial charge in [-0.2, -0.15) is 0 Å². The third-order valence-electron chi connectivity index (χ3n) is 4.21. The third-order valence-corrected chi connectivity index (χ3v) is 5.12. The van der Waals surface area contributed by atoms with E-state index in [2.05, 4.69) is 15.3 Å². The molecule has 0 spiro atoms. The van der Waals surface area contributed by atoms with Gasteiger partial charge in [-0.25, -0.2) is 4.99 Å². The summed E-state index contributed by atoms with van der Waals surface area (Å²) in [5.74, 6) is 0.546. The number of pyridine rings is 1. The van der Waals surface area contributed by atoms with Gasteiger partial charge in [-0.05, 0) is 54.6 Å². The molecule has 5 nitrogen and oxygen atoms in total. The lowest BCUT2D eigenvalue weighted by Crippen LogP contribution is -2.19. The summed E-state index contributed by atoms with van der Waals surface area (Å²) in [5, 5.41) is 3.40. The fourth-order valence-electron chi connectivity index (χ4n) is 2.81. The van der Waals surface area contributed by atoms with Crippen molar-refractivity contribution >= 4 is 34.6 Å². The number of aryl methyl sites for hydroxylation is 1. The first-order chi connectivity index (χ1) is 14.2. The van der Waals surface area contributed by atoms with Crippen molar-refractivity contribution in [3.05, 3.63) is 94.7 Å². The number of amides is 1. The number of amidine groups is 1. The Morgan fingerprint density at radius 1 is 1.14 bits per heavy atom. The number of ether oxygens (including phenoxy) is 1. The van der Waals surface area contributed by atoms with E-state index in [1.807, 2.05) is 73.7 Å². The molecule has 4 rings (SSSR count). The lowest BCUT2D eigenvalue weighted by Gasteiger charge is -2.09. The van der Waals surface area contributed by atoms with Gasteiger partial charge >= 0.3 is 0 Å². The topological polar surface area (TPSA) is 63.6 Å². The summed E-state index contributed by atoms with van der Waals surface area (Å²) in [6.07, 6.45) is 5.33. The number of rotatable bonds is 5. The van der Waals surface area contributed by atoms with Gasteiger partial charge in [0.1, 0.15) is 12.4 Å². The van der Waals surface area contributed by atoms with Crippen molar-refractivity contribution in [1.82, 2.24) is 10.3 Å². The number of aliphatic imine (C=N–C) groups is 1. The average molecular weight is 401 g/mol. The molecule has 0 aliphatic carbocycles. The van der Waals surface area contributed by atoms with Gasteiger partial charge in [-0.15, -0.1) is 0 Å². The van der Waals surface area contributed by atoms with Crippen LogP contribution in [0.15, 0.2) is 83.0 Å². The zero-order chi connectivity index (χ0) is 20.1. The first kappa shape index (κ1) is 19.0. The molecule has 1 aliphatic rings.